The SMILES string of the molecule is CC(C)(C)OC(=O)n1cc([N+](=O)[O-])cc1C#N. The van der Waals surface area contributed by atoms with E-state index in [1.165, 1.54) is 0 Å². The van der Waals surface area contributed by atoms with E-state index in [2.05, 4.69) is 0 Å². The number of hydrogen-bond acceptors (Lipinski definition) is 5. The summed E-state index contributed by atoms with van der Waals surface area (Å²) in [4.78, 5) is 21.5. The summed E-state index contributed by atoms with van der Waals surface area (Å²) in [6, 6.07) is 2.71. The van der Waals surface area contributed by atoms with Gasteiger partial charge in [-0.2, -0.15) is 5.26 Å². The van der Waals surface area contributed by atoms with Crippen molar-refractivity contribution in [1.29, 1.82) is 5.26 Å². The van der Waals surface area contributed by atoms with E-state index in [1.807, 2.05) is 0 Å². The van der Waals surface area contributed by atoms with E-state index in [9.17, 15) is 14.9 Å². The summed E-state index contributed by atoms with van der Waals surface area (Å²) < 4.78 is 5.83. The lowest BCUT2D eigenvalue weighted by Crippen LogP contribution is -2.27. The molecule has 1 aromatic rings. The Balaban J connectivity index is 3.10. The zero-order chi connectivity index (χ0) is 13.2. The van der Waals surface area contributed by atoms with Gasteiger partial charge < -0.3 is 4.74 Å². The maximum atomic E-state index is 11.6. The van der Waals surface area contributed by atoms with Gasteiger partial charge >= 0.3 is 6.09 Å². The lowest BCUT2D eigenvalue weighted by molar-refractivity contribution is -0.384. The molecule has 0 saturated carbocycles. The highest BCUT2D eigenvalue weighted by atomic mass is 16.6. The molecule has 0 atom stereocenters. The van der Waals surface area contributed by atoms with Crippen LogP contribution in [0.25, 0.3) is 0 Å². The molecule has 7 heteroatoms. The molecule has 1 rings (SSSR count). The molecule has 0 unspecified atom stereocenters. The molecule has 0 radical (unpaired) electrons. The van der Waals surface area contributed by atoms with E-state index in [0.29, 0.717) is 0 Å². The fourth-order valence-corrected chi connectivity index (χ4v) is 1.10. The zero-order valence-electron chi connectivity index (χ0n) is 9.63. The average molecular weight is 237 g/mol. The van der Waals surface area contributed by atoms with Crippen molar-refractivity contribution in [3.63, 3.8) is 0 Å². The Morgan fingerprint density at radius 1 is 1.59 bits per heavy atom. The summed E-state index contributed by atoms with van der Waals surface area (Å²) in [5.41, 5.74) is -1.19. The Labute approximate surface area is 97.4 Å². The summed E-state index contributed by atoms with van der Waals surface area (Å²) in [6.45, 7) is 4.98. The number of hydrogen-bond donors (Lipinski definition) is 0. The highest BCUT2D eigenvalue weighted by molar-refractivity contribution is 5.74. The number of ether oxygens (including phenoxy) is 1. The second-order valence-electron chi connectivity index (χ2n) is 4.30. The molecule has 1 heterocycles. The molecule has 0 aliphatic heterocycles. The van der Waals surface area contributed by atoms with Gasteiger partial charge in [0.2, 0.25) is 0 Å². The van der Waals surface area contributed by atoms with Crippen molar-refractivity contribution in [2.75, 3.05) is 0 Å². The highest BCUT2D eigenvalue weighted by Gasteiger charge is 2.23. The highest BCUT2D eigenvalue weighted by Crippen LogP contribution is 2.18. The normalized spacial score (nSPS) is 10.7. The zero-order valence-corrected chi connectivity index (χ0v) is 9.63. The van der Waals surface area contributed by atoms with Crippen LogP contribution >= 0.6 is 0 Å². The molecular formula is C10H11N3O4. The molecule has 1 aromatic heterocycles. The van der Waals surface area contributed by atoms with Crippen molar-refractivity contribution < 1.29 is 14.5 Å². The molecule has 0 aliphatic carbocycles. The van der Waals surface area contributed by atoms with Gasteiger partial charge in [-0.3, -0.25) is 10.1 Å². The minimum absolute atomic E-state index is 0.133. The van der Waals surface area contributed by atoms with Gasteiger partial charge in [0, 0.05) is 0 Å². The molecule has 0 saturated heterocycles. The summed E-state index contributed by atoms with van der Waals surface area (Å²) in [7, 11) is 0. The third-order valence-electron chi connectivity index (χ3n) is 1.72. The Morgan fingerprint density at radius 3 is 2.59 bits per heavy atom. The smallest absolute Gasteiger partial charge is 0.419 e. The molecule has 17 heavy (non-hydrogen) atoms. The Morgan fingerprint density at radius 2 is 2.18 bits per heavy atom. The predicted molar refractivity (Wildman–Crippen MR) is 57.4 cm³/mol. The van der Waals surface area contributed by atoms with E-state index in [0.717, 1.165) is 16.8 Å². The summed E-state index contributed by atoms with van der Waals surface area (Å²) in [5.74, 6) is 0. The first-order valence-electron chi connectivity index (χ1n) is 4.75. The number of carbonyl (C=O) groups is 1. The fraction of sp³-hybridized carbons (Fsp3) is 0.400. The van der Waals surface area contributed by atoms with Crippen LogP contribution in [0.3, 0.4) is 0 Å². The second-order valence-corrected chi connectivity index (χ2v) is 4.30. The minimum atomic E-state index is -0.817. The largest absolute Gasteiger partial charge is 0.443 e. The van der Waals surface area contributed by atoms with Gasteiger partial charge in [0.25, 0.3) is 5.69 Å². The third-order valence-corrected chi connectivity index (χ3v) is 1.72. The molecule has 90 valence electrons. The summed E-state index contributed by atoms with van der Waals surface area (Å²) >= 11 is 0. The van der Waals surface area contributed by atoms with E-state index >= 15 is 0 Å². The van der Waals surface area contributed by atoms with Crippen molar-refractivity contribution in [3.05, 3.63) is 28.1 Å². The Kier molecular flexibility index (Phi) is 3.18. The molecule has 0 fully saturated rings. The molecule has 0 spiro atoms. The van der Waals surface area contributed by atoms with E-state index in [1.54, 1.807) is 26.8 Å². The Hall–Kier alpha value is -2.36. The molecule has 0 aromatic carbocycles. The quantitative estimate of drug-likeness (QED) is 0.549. The molecule has 0 bridgehead atoms. The first-order valence-corrected chi connectivity index (χ1v) is 4.75. The minimum Gasteiger partial charge on any atom is -0.443 e. The monoisotopic (exact) mass is 237 g/mol. The lowest BCUT2D eigenvalue weighted by atomic mass is 10.2. The van der Waals surface area contributed by atoms with Crippen LogP contribution in [-0.2, 0) is 4.74 Å². The standard InChI is InChI=1S/C10H11N3O4/c1-10(2,3)17-9(14)12-6-8(13(15)16)4-7(12)5-11/h4,6H,1-3H3. The average Bonchev–Trinajstić information content (AvgIpc) is 2.58. The predicted octanol–water partition coefficient (Wildman–Crippen LogP) is 2.05. The van der Waals surface area contributed by atoms with Crippen LogP contribution < -0.4 is 0 Å². The van der Waals surface area contributed by atoms with Crippen molar-refractivity contribution in [2.24, 2.45) is 0 Å². The van der Waals surface area contributed by atoms with E-state index in [4.69, 9.17) is 10.00 Å². The van der Waals surface area contributed by atoms with Crippen molar-refractivity contribution in [3.8, 4) is 6.07 Å². The van der Waals surface area contributed by atoms with Crippen molar-refractivity contribution in [1.82, 2.24) is 4.57 Å². The van der Waals surface area contributed by atoms with Crippen LogP contribution in [0.5, 0.6) is 0 Å². The number of rotatable bonds is 1. The second kappa shape index (κ2) is 4.25. The first-order chi connectivity index (χ1) is 7.74. The van der Waals surface area contributed by atoms with Crippen LogP contribution in [-0.4, -0.2) is 21.2 Å². The van der Waals surface area contributed by atoms with Crippen molar-refractivity contribution in [2.45, 2.75) is 26.4 Å². The van der Waals surface area contributed by atoms with E-state index in [-0.39, 0.29) is 11.4 Å². The Bertz CT molecular complexity index is 505. The molecule has 0 aliphatic rings. The van der Waals surface area contributed by atoms with Gasteiger partial charge in [-0.15, -0.1) is 0 Å². The van der Waals surface area contributed by atoms with Gasteiger partial charge in [-0.1, -0.05) is 0 Å². The molecule has 0 amide bonds. The van der Waals surface area contributed by atoms with Crippen LogP contribution in [0.15, 0.2) is 12.3 Å². The number of aromatic nitrogens is 1. The van der Waals surface area contributed by atoms with Crippen molar-refractivity contribution >= 4 is 11.8 Å². The van der Waals surface area contributed by atoms with Crippen LogP contribution in [0.4, 0.5) is 10.5 Å². The van der Waals surface area contributed by atoms with Gasteiger partial charge in [-0.05, 0) is 20.8 Å². The van der Waals surface area contributed by atoms with Gasteiger partial charge in [0.15, 0.2) is 0 Å². The maximum absolute atomic E-state index is 11.6. The van der Waals surface area contributed by atoms with Gasteiger partial charge in [-0.25, -0.2) is 9.36 Å². The summed E-state index contributed by atoms with van der Waals surface area (Å²) in [6.07, 6.45) is 0.147. The number of nitro groups is 1. The number of carbonyl (C=O) groups excluding carboxylic acids is 1. The molecule has 0 N–H and O–H groups in total. The fourth-order valence-electron chi connectivity index (χ4n) is 1.10. The first kappa shape index (κ1) is 12.7. The lowest BCUT2D eigenvalue weighted by Gasteiger charge is -2.19. The number of nitrogens with zero attached hydrogens (tertiary/aromatic N) is 3. The summed E-state index contributed by atoms with van der Waals surface area (Å²) in [5, 5.41) is 19.3. The van der Waals surface area contributed by atoms with Crippen LogP contribution in [0.2, 0.25) is 0 Å². The maximum Gasteiger partial charge on any atom is 0.419 e. The third kappa shape index (κ3) is 3.04. The van der Waals surface area contributed by atoms with Gasteiger partial charge in [0.05, 0.1) is 17.2 Å². The van der Waals surface area contributed by atoms with Crippen LogP contribution in [0, 0.1) is 21.4 Å². The molecular weight excluding hydrogens is 226 g/mol. The molecule has 7 nitrogen and oxygen atoms in total. The van der Waals surface area contributed by atoms with E-state index < -0.39 is 16.6 Å². The topological polar surface area (TPSA) is 98.2 Å². The van der Waals surface area contributed by atoms with Crippen LogP contribution in [0.1, 0.15) is 26.5 Å². The number of nitriles is 1. The van der Waals surface area contributed by atoms with Gasteiger partial charge in [0.1, 0.15) is 17.4 Å².